The van der Waals surface area contributed by atoms with Crippen LogP contribution in [-0.4, -0.2) is 29.9 Å². The molecule has 122 heavy (non-hydrogen) atoms. The quantitative estimate of drug-likeness (QED) is 0.141. The maximum absolute atomic E-state index is 5.34. The van der Waals surface area contributed by atoms with Crippen LogP contribution >= 0.6 is 22.7 Å². The molecule has 564 valence electrons. The second-order valence-electron chi connectivity index (χ2n) is 31.8. The van der Waals surface area contributed by atoms with E-state index in [-0.39, 0.29) is 0 Å². The standard InChI is InChI=1S/C58H34N2S.C56H32N4S/c1-3-19-45-41(15-1)43-17-5-7-21-47(43)57-49(45)25-27-53(59-57)39-13-9-11-35(31-39)37-23-29-55-51(33-37)52-34-38(24-30-56(52)61-55)36-12-10-14-40(32-36)54-28-26-50-46-20-4-2-16-42(46)44-18-6-8-22-48(44)58(50)60-54;1-5-13-43-39(9-1)41-11-3-7-15-45(41)55-53(43)57-31-49(59-55)35-21-17-33(18-22-35)37-25-27-51-47(29-37)48-30-38(26-28-52(48)61-51)34-19-23-36(24-20-34)50-32-58-54-44-14-6-2-10-40(44)42-12-4-8-16-46(42)56(54)60-50/h1-34H;1-32H. The summed E-state index contributed by atoms with van der Waals surface area (Å²) in [4.78, 5) is 31.1. The lowest BCUT2D eigenvalue weighted by Gasteiger charge is -2.12. The molecule has 6 heterocycles. The molecule has 26 aromatic rings. The first kappa shape index (κ1) is 69.5. The lowest BCUT2D eigenvalue weighted by atomic mass is 9.95. The average Bonchev–Trinajstić information content (AvgIpc) is 0.778. The average molecular weight is 1580 g/mol. The Balaban J connectivity index is 0.000000134. The minimum Gasteiger partial charge on any atom is -0.252 e. The van der Waals surface area contributed by atoms with E-state index in [2.05, 4.69) is 388 Å². The third-order valence-electron chi connectivity index (χ3n) is 25.0. The van der Waals surface area contributed by atoms with Gasteiger partial charge in [0, 0.05) is 106 Å². The van der Waals surface area contributed by atoms with Crippen LogP contribution in [0.1, 0.15) is 0 Å². The number of hydrogen-bond acceptors (Lipinski definition) is 8. The molecule has 8 heteroatoms. The Morgan fingerprint density at radius 2 is 0.352 bits per heavy atom. The number of aromatic nitrogens is 6. The van der Waals surface area contributed by atoms with Gasteiger partial charge in [-0.25, -0.2) is 19.9 Å². The zero-order valence-electron chi connectivity index (χ0n) is 65.6. The van der Waals surface area contributed by atoms with Crippen LogP contribution in [-0.2, 0) is 0 Å². The topological polar surface area (TPSA) is 77.3 Å². The predicted molar refractivity (Wildman–Crippen MR) is 519 cm³/mol. The fourth-order valence-corrected chi connectivity index (χ4v) is 21.2. The van der Waals surface area contributed by atoms with E-state index in [0.717, 1.165) is 99.7 Å². The zero-order chi connectivity index (χ0) is 80.0. The summed E-state index contributed by atoms with van der Waals surface area (Å²) in [5.74, 6) is 0. The number of pyridine rings is 2. The monoisotopic (exact) mass is 1580 g/mol. The van der Waals surface area contributed by atoms with Gasteiger partial charge in [0.15, 0.2) is 0 Å². The third-order valence-corrected chi connectivity index (χ3v) is 27.3. The molecular formula is C114H66N6S2. The number of thiophene rings is 2. The summed E-state index contributed by atoms with van der Waals surface area (Å²) in [6.07, 6.45) is 3.82. The van der Waals surface area contributed by atoms with E-state index in [9.17, 15) is 0 Å². The molecule has 0 atom stereocenters. The largest absolute Gasteiger partial charge is 0.252 e. The SMILES string of the molecule is c1cc(-c2ccc3sc4ccc(-c5cccc(-c6ccc7c8ccccc8c8ccccc8c7n6)c5)cc4c3c2)cc(-c2ccc3c4ccccc4c4ccccc4c3n2)c1.c1ccc2c(c1)c1ccccc1c1nc(-c3ccc(-c4ccc5sc6ccc(-c7ccc(-c8cnc9c%10ccccc%10c%10ccccc%10c9n8)cc7)cc6c5c4)cc3)cnc21. The molecule has 20 aromatic carbocycles. The molecule has 0 bridgehead atoms. The molecule has 0 spiro atoms. The Morgan fingerprint density at radius 3 is 0.664 bits per heavy atom. The lowest BCUT2D eigenvalue weighted by molar-refractivity contribution is 1.31. The Morgan fingerprint density at radius 1 is 0.131 bits per heavy atom. The van der Waals surface area contributed by atoms with Crippen molar-refractivity contribution in [3.63, 3.8) is 0 Å². The predicted octanol–water partition coefficient (Wildman–Crippen LogP) is 31.7. The molecule has 6 aromatic heterocycles. The van der Waals surface area contributed by atoms with Gasteiger partial charge in [0.1, 0.15) is 0 Å². The van der Waals surface area contributed by atoms with Gasteiger partial charge in [-0.15, -0.1) is 22.7 Å². The molecule has 26 rings (SSSR count). The van der Waals surface area contributed by atoms with Crippen LogP contribution in [0, 0.1) is 0 Å². The summed E-state index contributed by atoms with van der Waals surface area (Å²) in [5, 5.41) is 26.6. The van der Waals surface area contributed by atoms with Crippen LogP contribution in [0.25, 0.3) is 260 Å². The number of fused-ring (bicyclic) bond motifs is 30. The molecule has 6 nitrogen and oxygen atoms in total. The second-order valence-corrected chi connectivity index (χ2v) is 34.0. The Bertz CT molecular complexity index is 8260. The first-order chi connectivity index (χ1) is 60.4. The van der Waals surface area contributed by atoms with Crippen molar-refractivity contribution in [2.75, 3.05) is 0 Å². The minimum absolute atomic E-state index is 0.867. The van der Waals surface area contributed by atoms with Crippen molar-refractivity contribution in [2.45, 2.75) is 0 Å². The first-order valence-corrected chi connectivity index (χ1v) is 43.0. The summed E-state index contributed by atoms with van der Waals surface area (Å²) in [7, 11) is 0. The number of hydrogen-bond donors (Lipinski definition) is 0. The summed E-state index contributed by atoms with van der Waals surface area (Å²) in [6.45, 7) is 0. The van der Waals surface area contributed by atoms with Gasteiger partial charge >= 0.3 is 0 Å². The Hall–Kier alpha value is -15.6. The zero-order valence-corrected chi connectivity index (χ0v) is 67.2. The normalized spacial score (nSPS) is 11.9. The summed E-state index contributed by atoms with van der Waals surface area (Å²) in [5.41, 5.74) is 23.3. The van der Waals surface area contributed by atoms with Gasteiger partial charge in [-0.05, 0) is 183 Å². The van der Waals surface area contributed by atoms with Crippen molar-refractivity contribution in [3.8, 4) is 89.5 Å². The molecule has 0 saturated heterocycles. The van der Waals surface area contributed by atoms with E-state index in [1.54, 1.807) is 0 Å². The minimum atomic E-state index is 0.867. The van der Waals surface area contributed by atoms with E-state index in [4.69, 9.17) is 29.9 Å². The highest BCUT2D eigenvalue weighted by Crippen LogP contribution is 2.46. The van der Waals surface area contributed by atoms with Crippen LogP contribution in [0.4, 0.5) is 0 Å². The van der Waals surface area contributed by atoms with Crippen molar-refractivity contribution in [2.24, 2.45) is 0 Å². The highest BCUT2D eigenvalue weighted by molar-refractivity contribution is 7.26. The van der Waals surface area contributed by atoms with E-state index < -0.39 is 0 Å². The van der Waals surface area contributed by atoms with Crippen LogP contribution < -0.4 is 0 Å². The first-order valence-electron chi connectivity index (χ1n) is 41.3. The van der Waals surface area contributed by atoms with Gasteiger partial charge in [-0.3, -0.25) is 9.97 Å². The van der Waals surface area contributed by atoms with Crippen molar-refractivity contribution < 1.29 is 0 Å². The smallest absolute Gasteiger partial charge is 0.0979 e. The van der Waals surface area contributed by atoms with Crippen LogP contribution in [0.15, 0.2) is 401 Å². The van der Waals surface area contributed by atoms with Crippen molar-refractivity contribution in [1.82, 2.24) is 29.9 Å². The number of nitrogens with zero attached hydrogens (tertiary/aromatic N) is 6. The van der Waals surface area contributed by atoms with Gasteiger partial charge < -0.3 is 0 Å². The van der Waals surface area contributed by atoms with Crippen molar-refractivity contribution >= 4 is 193 Å². The maximum Gasteiger partial charge on any atom is 0.0979 e. The molecule has 0 N–H and O–H groups in total. The van der Waals surface area contributed by atoms with Crippen LogP contribution in [0.3, 0.4) is 0 Å². The number of benzene rings is 20. The van der Waals surface area contributed by atoms with Gasteiger partial charge in [0.05, 0.1) is 68.3 Å². The van der Waals surface area contributed by atoms with E-state index in [1.165, 1.54) is 160 Å². The molecule has 0 saturated carbocycles. The van der Waals surface area contributed by atoms with Crippen molar-refractivity contribution in [3.05, 3.63) is 401 Å². The summed E-state index contributed by atoms with van der Waals surface area (Å²) in [6, 6.07) is 140. The van der Waals surface area contributed by atoms with Gasteiger partial charge in [-0.1, -0.05) is 303 Å². The van der Waals surface area contributed by atoms with E-state index in [0.29, 0.717) is 0 Å². The van der Waals surface area contributed by atoms with E-state index in [1.807, 2.05) is 35.1 Å². The van der Waals surface area contributed by atoms with Crippen LogP contribution in [0.5, 0.6) is 0 Å². The maximum atomic E-state index is 5.34. The fourth-order valence-electron chi connectivity index (χ4n) is 19.0. The fraction of sp³-hybridized carbons (Fsp3) is 0. The van der Waals surface area contributed by atoms with E-state index >= 15 is 0 Å². The molecule has 0 aliphatic carbocycles. The van der Waals surface area contributed by atoms with Gasteiger partial charge in [-0.2, -0.15) is 0 Å². The van der Waals surface area contributed by atoms with Crippen LogP contribution in [0.2, 0.25) is 0 Å². The summed E-state index contributed by atoms with van der Waals surface area (Å²) >= 11 is 3.70. The second kappa shape index (κ2) is 28.1. The third kappa shape index (κ3) is 11.4. The Labute approximate surface area is 707 Å². The van der Waals surface area contributed by atoms with Crippen molar-refractivity contribution in [1.29, 1.82) is 0 Å². The summed E-state index contributed by atoms with van der Waals surface area (Å²) < 4.78 is 5.14. The lowest BCUT2D eigenvalue weighted by Crippen LogP contribution is -1.92. The molecular weight excluding hydrogens is 1520 g/mol. The Kier molecular flexibility index (Phi) is 16.0. The molecule has 0 aliphatic rings. The molecule has 0 aliphatic heterocycles. The van der Waals surface area contributed by atoms with Gasteiger partial charge in [0.25, 0.3) is 0 Å². The molecule has 0 radical (unpaired) electrons. The molecule has 0 unspecified atom stereocenters. The highest BCUT2D eigenvalue weighted by atomic mass is 32.1. The molecule has 0 amide bonds. The highest BCUT2D eigenvalue weighted by Gasteiger charge is 2.20. The van der Waals surface area contributed by atoms with Gasteiger partial charge in [0.2, 0.25) is 0 Å². The number of rotatable bonds is 8. The molecule has 0 fully saturated rings.